The molecule has 0 fully saturated rings. The van der Waals surface area contributed by atoms with Gasteiger partial charge in [0.15, 0.2) is 6.29 Å². The summed E-state index contributed by atoms with van der Waals surface area (Å²) >= 11 is 0. The van der Waals surface area contributed by atoms with E-state index in [1.54, 1.807) is 14.2 Å². The van der Waals surface area contributed by atoms with Gasteiger partial charge in [0, 0.05) is 32.7 Å². The minimum Gasteiger partial charge on any atom is -0.444 e. The predicted molar refractivity (Wildman–Crippen MR) is 136 cm³/mol. The number of ether oxygens (including phenoxy) is 4. The number of carbonyl (C=O) groups is 1. The number of amides is 1. The first kappa shape index (κ1) is 29.7. The highest BCUT2D eigenvalue weighted by Gasteiger charge is 2.30. The molecule has 8 heteroatoms. The smallest absolute Gasteiger partial charge is 0.407 e. The van der Waals surface area contributed by atoms with Gasteiger partial charge in [-0.05, 0) is 43.6 Å². The summed E-state index contributed by atoms with van der Waals surface area (Å²) in [5.41, 5.74) is 1.05. The lowest BCUT2D eigenvalue weighted by atomic mass is 10.0. The van der Waals surface area contributed by atoms with Gasteiger partial charge >= 0.3 is 6.09 Å². The topological polar surface area (TPSA) is 86.2 Å². The lowest BCUT2D eigenvalue weighted by Gasteiger charge is -2.45. The maximum absolute atomic E-state index is 12.2. The molecule has 1 amide bonds. The fourth-order valence-corrected chi connectivity index (χ4v) is 3.68. The van der Waals surface area contributed by atoms with Crippen LogP contribution in [0, 0.1) is 0 Å². The molecule has 2 atom stereocenters. The van der Waals surface area contributed by atoms with Crippen LogP contribution in [0.1, 0.15) is 71.5 Å². The summed E-state index contributed by atoms with van der Waals surface area (Å²) in [6.45, 7) is 12.3. The van der Waals surface area contributed by atoms with E-state index in [4.69, 9.17) is 18.9 Å². The van der Waals surface area contributed by atoms with Gasteiger partial charge in [0.25, 0.3) is 0 Å². The SMILES string of the molecule is COC(OC)c1ccc(C(O)C[C@H](CNC(=O)OC(C)(C)C)OCS(C)(C)C(C)(C)C)cc1. The van der Waals surface area contributed by atoms with Gasteiger partial charge in [-0.25, -0.2) is 14.8 Å². The first-order valence-corrected chi connectivity index (χ1v) is 13.8. The van der Waals surface area contributed by atoms with Gasteiger partial charge in [-0.15, -0.1) is 0 Å². The van der Waals surface area contributed by atoms with Gasteiger partial charge in [0.1, 0.15) is 5.60 Å². The quantitative estimate of drug-likeness (QED) is 0.421. The van der Waals surface area contributed by atoms with E-state index in [9.17, 15) is 9.90 Å². The fourth-order valence-electron chi connectivity index (χ4n) is 2.79. The second-order valence-corrected chi connectivity index (χ2v) is 15.2. The molecular formula is C25H45NO6S. The van der Waals surface area contributed by atoms with Crippen LogP contribution in [0.15, 0.2) is 24.3 Å². The Morgan fingerprint density at radius 3 is 1.97 bits per heavy atom. The van der Waals surface area contributed by atoms with Gasteiger partial charge in [-0.1, -0.05) is 45.0 Å². The average molecular weight is 488 g/mol. The van der Waals surface area contributed by atoms with E-state index in [0.29, 0.717) is 12.4 Å². The normalized spacial score (nSPS) is 15.3. The first-order valence-electron chi connectivity index (χ1n) is 11.2. The third kappa shape index (κ3) is 10.2. The maximum atomic E-state index is 12.2. The van der Waals surface area contributed by atoms with Gasteiger partial charge in [0.2, 0.25) is 0 Å². The van der Waals surface area contributed by atoms with E-state index in [1.807, 2.05) is 45.0 Å². The van der Waals surface area contributed by atoms with E-state index in [-0.39, 0.29) is 17.4 Å². The molecule has 2 N–H and O–H groups in total. The first-order chi connectivity index (χ1) is 15.1. The maximum Gasteiger partial charge on any atom is 0.407 e. The van der Waals surface area contributed by atoms with Crippen LogP contribution in [0.25, 0.3) is 0 Å². The van der Waals surface area contributed by atoms with Crippen LogP contribution >= 0.6 is 10.0 Å². The number of rotatable bonds is 11. The average Bonchev–Trinajstić information content (AvgIpc) is 2.69. The molecule has 0 saturated heterocycles. The van der Waals surface area contributed by atoms with Crippen LogP contribution < -0.4 is 5.32 Å². The predicted octanol–water partition coefficient (Wildman–Crippen LogP) is 5.13. The molecule has 0 aromatic heterocycles. The van der Waals surface area contributed by atoms with E-state index >= 15 is 0 Å². The lowest BCUT2D eigenvalue weighted by Crippen LogP contribution is -2.39. The number of alkyl carbamates (subject to hydrolysis) is 1. The molecule has 1 aromatic rings. The Morgan fingerprint density at radius 2 is 1.52 bits per heavy atom. The number of aliphatic hydroxyl groups excluding tert-OH is 1. The third-order valence-electron chi connectivity index (χ3n) is 5.64. The summed E-state index contributed by atoms with van der Waals surface area (Å²) in [5.74, 6) is 0.576. The summed E-state index contributed by atoms with van der Waals surface area (Å²) < 4.78 is 22.3. The number of nitrogens with one attached hydrogen (secondary N) is 1. The molecule has 0 heterocycles. The Bertz CT molecular complexity index is 720. The molecule has 0 bridgehead atoms. The summed E-state index contributed by atoms with van der Waals surface area (Å²) in [4.78, 5) is 12.2. The molecule has 0 aliphatic carbocycles. The van der Waals surface area contributed by atoms with Crippen molar-refractivity contribution < 1.29 is 28.8 Å². The van der Waals surface area contributed by atoms with Crippen LogP contribution in [0.3, 0.4) is 0 Å². The van der Waals surface area contributed by atoms with Crippen molar-refractivity contribution in [2.24, 2.45) is 0 Å². The van der Waals surface area contributed by atoms with Crippen LogP contribution in [0.5, 0.6) is 0 Å². The highest BCUT2D eigenvalue weighted by atomic mass is 32.3. The van der Waals surface area contributed by atoms with Crippen LogP contribution in [0.4, 0.5) is 4.79 Å². The third-order valence-corrected chi connectivity index (χ3v) is 9.68. The fraction of sp³-hybridized carbons (Fsp3) is 0.720. The lowest BCUT2D eigenvalue weighted by molar-refractivity contribution is -0.106. The molecule has 33 heavy (non-hydrogen) atoms. The molecular weight excluding hydrogens is 442 g/mol. The Kier molecular flexibility index (Phi) is 11.2. The van der Waals surface area contributed by atoms with Crippen molar-refractivity contribution in [2.75, 3.05) is 39.2 Å². The summed E-state index contributed by atoms with van der Waals surface area (Å²) in [6.07, 6.45) is 2.75. The number of benzene rings is 1. The van der Waals surface area contributed by atoms with E-state index < -0.39 is 34.1 Å². The Morgan fingerprint density at radius 1 is 1.00 bits per heavy atom. The minimum atomic E-state index is -1.06. The highest BCUT2D eigenvalue weighted by molar-refractivity contribution is 8.33. The van der Waals surface area contributed by atoms with Crippen molar-refractivity contribution in [3.8, 4) is 0 Å². The van der Waals surface area contributed by atoms with Crippen LogP contribution in [-0.4, -0.2) is 66.9 Å². The monoisotopic (exact) mass is 487 g/mol. The van der Waals surface area contributed by atoms with E-state index in [2.05, 4.69) is 38.6 Å². The van der Waals surface area contributed by atoms with Crippen molar-refractivity contribution in [2.45, 2.75) is 76.8 Å². The molecule has 1 aromatic carbocycles. The largest absolute Gasteiger partial charge is 0.444 e. The second-order valence-electron chi connectivity index (χ2n) is 10.7. The highest BCUT2D eigenvalue weighted by Crippen LogP contribution is 2.52. The number of hydrogen-bond donors (Lipinski definition) is 2. The van der Waals surface area contributed by atoms with Gasteiger partial charge in [0.05, 0.1) is 18.1 Å². The molecule has 7 nitrogen and oxygen atoms in total. The van der Waals surface area contributed by atoms with Gasteiger partial charge in [-0.3, -0.25) is 0 Å². The summed E-state index contributed by atoms with van der Waals surface area (Å²) in [5, 5.41) is 13.7. The number of hydrogen-bond acceptors (Lipinski definition) is 6. The number of aliphatic hydroxyl groups is 1. The molecule has 0 radical (unpaired) electrons. The molecule has 1 rings (SSSR count). The zero-order valence-corrected chi connectivity index (χ0v) is 22.9. The van der Waals surface area contributed by atoms with Crippen molar-refractivity contribution in [1.82, 2.24) is 5.32 Å². The van der Waals surface area contributed by atoms with Crippen molar-refractivity contribution in [3.63, 3.8) is 0 Å². The van der Waals surface area contributed by atoms with E-state index in [0.717, 1.165) is 11.1 Å². The molecule has 0 spiro atoms. The van der Waals surface area contributed by atoms with Crippen molar-refractivity contribution in [3.05, 3.63) is 35.4 Å². The van der Waals surface area contributed by atoms with Crippen molar-refractivity contribution >= 4 is 16.1 Å². The van der Waals surface area contributed by atoms with Gasteiger partial charge < -0.3 is 29.4 Å². The minimum absolute atomic E-state index is 0.115. The molecule has 192 valence electrons. The zero-order chi connectivity index (χ0) is 25.4. The summed E-state index contributed by atoms with van der Waals surface area (Å²) in [7, 11) is 2.10. The Hall–Kier alpha value is -1.32. The second kappa shape index (κ2) is 12.4. The molecule has 1 unspecified atom stereocenters. The Labute approximate surface area is 201 Å². The van der Waals surface area contributed by atoms with Crippen LogP contribution in [-0.2, 0) is 18.9 Å². The van der Waals surface area contributed by atoms with E-state index in [1.165, 1.54) is 0 Å². The standard InChI is InChI=1S/C25H45NO6S/c1-24(2,3)32-23(28)26-16-20(31-17-33(9,10)25(4,5)6)15-21(27)18-11-13-19(14-12-18)22(29-7)30-8/h11-14,20-22,27H,15-17H2,1-10H3,(H,26,28)/t20-,21?/m1/s1. The number of carbonyl (C=O) groups excluding carboxylic acids is 1. The summed E-state index contributed by atoms with van der Waals surface area (Å²) in [6, 6.07) is 7.46. The van der Waals surface area contributed by atoms with Crippen molar-refractivity contribution in [1.29, 1.82) is 0 Å². The molecule has 0 saturated carbocycles. The molecule has 0 aliphatic heterocycles. The Balaban J connectivity index is 2.89. The van der Waals surface area contributed by atoms with Gasteiger partial charge in [-0.2, -0.15) is 0 Å². The van der Waals surface area contributed by atoms with Crippen LogP contribution in [0.2, 0.25) is 0 Å². The molecule has 0 aliphatic rings. The number of methoxy groups -OCH3 is 2. The zero-order valence-electron chi connectivity index (χ0n) is 22.1.